The van der Waals surface area contributed by atoms with Crippen LogP contribution in [0.3, 0.4) is 0 Å². The molecule has 0 aliphatic carbocycles. The highest BCUT2D eigenvalue weighted by atomic mass is 79.9. The van der Waals surface area contributed by atoms with Crippen molar-refractivity contribution in [1.82, 2.24) is 5.01 Å². The van der Waals surface area contributed by atoms with E-state index in [0.717, 1.165) is 38.6 Å². The highest BCUT2D eigenvalue weighted by Crippen LogP contribution is 2.58. The Hall–Kier alpha value is -4.21. The van der Waals surface area contributed by atoms with Crippen molar-refractivity contribution in [3.8, 4) is 17.2 Å². The Morgan fingerprint density at radius 3 is 2.60 bits per heavy atom. The van der Waals surface area contributed by atoms with Gasteiger partial charge < -0.3 is 14.6 Å². The summed E-state index contributed by atoms with van der Waals surface area (Å²) in [6, 6.07) is 30.6. The van der Waals surface area contributed by atoms with E-state index in [1.54, 1.807) is 23.1 Å². The molecule has 1 N–H and O–H groups in total. The molecule has 1 spiro atoms. The lowest BCUT2D eigenvalue weighted by Gasteiger charge is -2.49. The second-order valence-corrected chi connectivity index (χ2v) is 12.0. The Morgan fingerprint density at radius 2 is 1.83 bits per heavy atom. The van der Waals surface area contributed by atoms with Crippen LogP contribution in [-0.4, -0.2) is 33.5 Å². The van der Waals surface area contributed by atoms with Crippen LogP contribution in [0, 0.1) is 0 Å². The fourth-order valence-corrected chi connectivity index (χ4v) is 7.13. The lowest BCUT2D eigenvalue weighted by Crippen LogP contribution is -2.63. The summed E-state index contributed by atoms with van der Waals surface area (Å²) in [5.74, 6) is -0.278. The maximum Gasteiger partial charge on any atom is 0.321 e. The minimum absolute atomic E-state index is 0.0555. The van der Waals surface area contributed by atoms with E-state index < -0.39 is 5.85 Å². The first-order valence-electron chi connectivity index (χ1n) is 13.6. The molecule has 1 fully saturated rings. The third-order valence-corrected chi connectivity index (χ3v) is 8.96. The van der Waals surface area contributed by atoms with Gasteiger partial charge in [0.25, 0.3) is 5.24 Å². The van der Waals surface area contributed by atoms with Crippen molar-refractivity contribution >= 4 is 50.4 Å². The Labute approximate surface area is 256 Å². The first kappa shape index (κ1) is 26.7. The van der Waals surface area contributed by atoms with E-state index in [0.29, 0.717) is 35.1 Å². The van der Waals surface area contributed by atoms with Gasteiger partial charge in [0, 0.05) is 16.5 Å². The number of nitrogens with zero attached hydrogens (tertiary/aromatic N) is 3. The molecular weight excluding hydrogens is 614 g/mol. The molecule has 4 aromatic carbocycles. The summed E-state index contributed by atoms with van der Waals surface area (Å²) >= 11 is 4.75. The predicted octanol–water partition coefficient (Wildman–Crippen LogP) is 8.17. The van der Waals surface area contributed by atoms with Gasteiger partial charge in [-0.05, 0) is 78.4 Å². The topological polar surface area (TPSA) is 74.6 Å². The number of aromatic hydroxyl groups is 1. The van der Waals surface area contributed by atoms with Crippen LogP contribution in [0.2, 0.25) is 0 Å². The number of para-hydroxylation sites is 1. The number of carbonyl (C=O) groups is 1. The summed E-state index contributed by atoms with van der Waals surface area (Å²) in [7, 11) is 0. The summed E-state index contributed by atoms with van der Waals surface area (Å²) in [6.07, 6.45) is 2.56. The molecule has 4 aromatic rings. The number of hydrazone groups is 1. The normalized spacial score (nSPS) is 21.8. The number of fused-ring (bicyclic) bond motifs is 4. The molecule has 7 rings (SSSR count). The van der Waals surface area contributed by atoms with Crippen LogP contribution in [0.5, 0.6) is 17.2 Å². The highest BCUT2D eigenvalue weighted by Gasteiger charge is 2.63. The number of carbonyl (C=O) groups excluding carboxylic acids is 1. The average molecular weight is 641 g/mol. The van der Waals surface area contributed by atoms with Crippen LogP contribution in [0.15, 0.2) is 112 Å². The molecule has 2 unspecified atom stereocenters. The smallest absolute Gasteiger partial charge is 0.321 e. The van der Waals surface area contributed by atoms with Crippen LogP contribution in [-0.2, 0) is 0 Å². The molecule has 3 heterocycles. The zero-order valence-corrected chi connectivity index (χ0v) is 25.0. The molecule has 210 valence electrons. The summed E-state index contributed by atoms with van der Waals surface area (Å²) in [4.78, 5) is 16.4. The minimum atomic E-state index is -1.39. The number of rotatable bonds is 5. The van der Waals surface area contributed by atoms with Crippen LogP contribution in [0.25, 0.3) is 6.08 Å². The largest absolute Gasteiger partial charge is 0.504 e. The molecule has 42 heavy (non-hydrogen) atoms. The Balaban J connectivity index is 1.47. The third kappa shape index (κ3) is 4.35. The van der Waals surface area contributed by atoms with Gasteiger partial charge in [0.15, 0.2) is 11.5 Å². The summed E-state index contributed by atoms with van der Waals surface area (Å²) < 4.78 is 13.6. The van der Waals surface area contributed by atoms with Crippen molar-refractivity contribution in [1.29, 1.82) is 0 Å². The minimum Gasteiger partial charge on any atom is -0.504 e. The molecular formula is C33H26BrN3O4S. The van der Waals surface area contributed by atoms with E-state index in [-0.39, 0.29) is 17.0 Å². The molecule has 1 saturated heterocycles. The zero-order chi connectivity index (χ0) is 28.8. The van der Waals surface area contributed by atoms with Gasteiger partial charge in [-0.15, -0.1) is 0 Å². The lowest BCUT2D eigenvalue weighted by molar-refractivity contribution is -0.0763. The van der Waals surface area contributed by atoms with Crippen molar-refractivity contribution in [3.63, 3.8) is 0 Å². The number of hydrogen-bond donors (Lipinski definition) is 1. The van der Waals surface area contributed by atoms with Gasteiger partial charge in [0.1, 0.15) is 5.75 Å². The number of halogens is 1. The Bertz CT molecular complexity index is 1750. The SMILES string of the molecule is CCOc1cc(/C=C2\SC(=O)N(c3ccccc3)C23Oc2ccc(Br)cc2C2CC(c4ccccc4)=NN23)ccc1O. The zero-order valence-electron chi connectivity index (χ0n) is 22.6. The van der Waals surface area contributed by atoms with Gasteiger partial charge in [-0.2, -0.15) is 5.10 Å². The molecule has 7 nitrogen and oxygen atoms in total. The number of phenolic OH excluding ortho intramolecular Hbond substituents is 1. The van der Waals surface area contributed by atoms with Crippen molar-refractivity contribution < 1.29 is 19.4 Å². The number of phenols is 1. The number of anilines is 1. The van der Waals surface area contributed by atoms with E-state index in [2.05, 4.69) is 34.1 Å². The second-order valence-electron chi connectivity index (χ2n) is 10.1. The van der Waals surface area contributed by atoms with Crippen molar-refractivity contribution in [2.75, 3.05) is 11.5 Å². The van der Waals surface area contributed by atoms with Gasteiger partial charge in [-0.1, -0.05) is 70.5 Å². The van der Waals surface area contributed by atoms with Crippen LogP contribution >= 0.6 is 27.7 Å². The molecule has 3 aliphatic heterocycles. The lowest BCUT2D eigenvalue weighted by atomic mass is 9.95. The van der Waals surface area contributed by atoms with Crippen molar-refractivity contribution in [2.45, 2.75) is 25.2 Å². The maximum atomic E-state index is 14.0. The summed E-state index contributed by atoms with van der Waals surface area (Å²) in [5.41, 5.74) is 4.38. The fourth-order valence-electron chi connectivity index (χ4n) is 5.69. The van der Waals surface area contributed by atoms with E-state index in [9.17, 15) is 9.90 Å². The fraction of sp³-hybridized carbons (Fsp3) is 0.152. The summed E-state index contributed by atoms with van der Waals surface area (Å²) in [6.45, 7) is 2.28. The van der Waals surface area contributed by atoms with Crippen molar-refractivity contribution in [2.24, 2.45) is 5.10 Å². The second kappa shape index (κ2) is 10.6. The third-order valence-electron chi connectivity index (χ3n) is 7.51. The molecule has 2 atom stereocenters. The van der Waals surface area contributed by atoms with Crippen LogP contribution in [0.4, 0.5) is 10.5 Å². The number of benzene rings is 4. The molecule has 1 amide bonds. The standard InChI is InChI=1S/C33H26BrN3O4S/c1-2-40-30-17-21(13-15-28(30)38)18-31-33(36(32(39)42-31)24-11-7-4-8-12-24)37-27(25-19-23(34)14-16-29(25)41-33)20-26(35-37)22-9-5-3-6-10-22/h3-19,27,38H,2,20H2,1H3/b31-18-. The quantitative estimate of drug-likeness (QED) is 0.237. The van der Waals surface area contributed by atoms with E-state index in [4.69, 9.17) is 14.6 Å². The van der Waals surface area contributed by atoms with Crippen LogP contribution < -0.4 is 14.4 Å². The molecule has 3 aliphatic rings. The Morgan fingerprint density at radius 1 is 1.07 bits per heavy atom. The Kier molecular flexibility index (Phi) is 6.71. The first-order valence-corrected chi connectivity index (χ1v) is 15.2. The number of amides is 1. The molecule has 0 aromatic heterocycles. The first-order chi connectivity index (χ1) is 20.5. The van der Waals surface area contributed by atoms with E-state index >= 15 is 0 Å². The molecule has 0 saturated carbocycles. The van der Waals surface area contributed by atoms with Gasteiger partial charge in [-0.25, -0.2) is 9.91 Å². The van der Waals surface area contributed by atoms with Gasteiger partial charge in [0.2, 0.25) is 0 Å². The van der Waals surface area contributed by atoms with Gasteiger partial charge >= 0.3 is 5.85 Å². The van der Waals surface area contributed by atoms with Gasteiger partial charge in [-0.3, -0.25) is 4.79 Å². The molecule has 9 heteroatoms. The number of hydrogen-bond acceptors (Lipinski definition) is 7. The van der Waals surface area contributed by atoms with E-state index in [1.165, 1.54) is 0 Å². The number of ether oxygens (including phenoxy) is 2. The number of thioether (sulfide) groups is 1. The molecule has 0 bridgehead atoms. The van der Waals surface area contributed by atoms with E-state index in [1.807, 2.05) is 78.7 Å². The predicted molar refractivity (Wildman–Crippen MR) is 169 cm³/mol. The monoisotopic (exact) mass is 639 g/mol. The van der Waals surface area contributed by atoms with Crippen molar-refractivity contribution in [3.05, 3.63) is 123 Å². The van der Waals surface area contributed by atoms with Gasteiger partial charge in [0.05, 0.1) is 29.0 Å². The summed E-state index contributed by atoms with van der Waals surface area (Å²) in [5, 5.41) is 17.3. The average Bonchev–Trinajstić information content (AvgIpc) is 3.57. The molecule has 0 radical (unpaired) electrons. The highest BCUT2D eigenvalue weighted by molar-refractivity contribution is 9.10. The maximum absolute atomic E-state index is 14.0. The van der Waals surface area contributed by atoms with Crippen LogP contribution in [0.1, 0.15) is 36.1 Å².